The van der Waals surface area contributed by atoms with Gasteiger partial charge in [-0.25, -0.2) is 9.48 Å². The molecular formula is C15H15N5O4. The van der Waals surface area contributed by atoms with E-state index in [-0.39, 0.29) is 18.2 Å². The van der Waals surface area contributed by atoms with Gasteiger partial charge in [-0.05, 0) is 31.2 Å². The van der Waals surface area contributed by atoms with Crippen molar-refractivity contribution in [1.82, 2.24) is 14.8 Å². The maximum absolute atomic E-state index is 12.1. The molecule has 0 bridgehead atoms. The molecule has 2 heterocycles. The fraction of sp³-hybridized carbons (Fsp3) is 0.267. The first-order valence-electron chi connectivity index (χ1n) is 7.36. The highest BCUT2D eigenvalue weighted by Crippen LogP contribution is 2.24. The zero-order valence-electron chi connectivity index (χ0n) is 12.9. The van der Waals surface area contributed by atoms with E-state index in [1.165, 1.54) is 11.0 Å². The maximum Gasteiger partial charge on any atom is 0.338 e. The van der Waals surface area contributed by atoms with Gasteiger partial charge in [-0.15, -0.1) is 0 Å². The molecule has 1 atom stereocenters. The molecule has 9 heteroatoms. The molecule has 1 aromatic carbocycles. The number of carbonyl (C=O) groups is 3. The molecular weight excluding hydrogens is 314 g/mol. The Hall–Kier alpha value is -3.23. The van der Waals surface area contributed by atoms with E-state index in [4.69, 9.17) is 4.74 Å². The van der Waals surface area contributed by atoms with Crippen molar-refractivity contribution in [2.45, 2.75) is 19.4 Å². The summed E-state index contributed by atoms with van der Waals surface area (Å²) in [5.74, 6) is -0.755. The van der Waals surface area contributed by atoms with E-state index in [9.17, 15) is 14.4 Å². The highest BCUT2D eigenvalue weighted by atomic mass is 16.5. The van der Waals surface area contributed by atoms with Gasteiger partial charge in [-0.3, -0.25) is 14.9 Å². The van der Waals surface area contributed by atoms with Crippen molar-refractivity contribution in [2.75, 3.05) is 17.2 Å². The van der Waals surface area contributed by atoms with E-state index in [0.29, 0.717) is 23.8 Å². The Kier molecular flexibility index (Phi) is 4.23. The molecule has 9 nitrogen and oxygen atoms in total. The number of fused-ring (bicyclic) bond motifs is 1. The van der Waals surface area contributed by atoms with Crippen LogP contribution in [0, 0.1) is 0 Å². The predicted octanol–water partition coefficient (Wildman–Crippen LogP) is 0.977. The Morgan fingerprint density at radius 1 is 1.33 bits per heavy atom. The number of aromatic nitrogens is 3. The van der Waals surface area contributed by atoms with Gasteiger partial charge in [0.2, 0.25) is 11.9 Å². The molecule has 0 unspecified atom stereocenters. The third kappa shape index (κ3) is 3.09. The molecule has 124 valence electrons. The summed E-state index contributed by atoms with van der Waals surface area (Å²) in [7, 11) is 0. The summed E-state index contributed by atoms with van der Waals surface area (Å²) in [5.41, 5.74) is 0.919. The van der Waals surface area contributed by atoms with Crippen LogP contribution in [0.2, 0.25) is 0 Å². The Morgan fingerprint density at radius 3 is 2.79 bits per heavy atom. The molecule has 0 saturated heterocycles. The predicted molar refractivity (Wildman–Crippen MR) is 83.3 cm³/mol. The highest BCUT2D eigenvalue weighted by molar-refractivity contribution is 6.01. The topological polar surface area (TPSA) is 115 Å². The van der Waals surface area contributed by atoms with Gasteiger partial charge < -0.3 is 10.1 Å². The minimum atomic E-state index is -0.721. The van der Waals surface area contributed by atoms with Crippen LogP contribution >= 0.6 is 0 Å². The second-order valence-corrected chi connectivity index (χ2v) is 5.08. The molecule has 0 fully saturated rings. The number of benzene rings is 1. The summed E-state index contributed by atoms with van der Waals surface area (Å²) in [6.07, 6.45) is 1.25. The minimum absolute atomic E-state index is 0.0676. The Bertz CT molecular complexity index is 783. The van der Waals surface area contributed by atoms with Crippen LogP contribution in [0.4, 0.5) is 11.6 Å². The lowest BCUT2D eigenvalue weighted by molar-refractivity contribution is -0.123. The van der Waals surface area contributed by atoms with Crippen molar-refractivity contribution in [3.05, 3.63) is 36.2 Å². The van der Waals surface area contributed by atoms with E-state index in [1.807, 2.05) is 0 Å². The van der Waals surface area contributed by atoms with Crippen LogP contribution < -0.4 is 10.6 Å². The smallest absolute Gasteiger partial charge is 0.338 e. The largest absolute Gasteiger partial charge is 0.462 e. The SMILES string of the molecule is CCOC(=O)c1ccc(NC(=O)C[C@H]2C(=O)Nc3ncnn32)cc1. The number of nitrogens with one attached hydrogen (secondary N) is 2. The lowest BCUT2D eigenvalue weighted by atomic mass is 10.2. The van der Waals surface area contributed by atoms with E-state index >= 15 is 0 Å². The molecule has 0 spiro atoms. The van der Waals surface area contributed by atoms with E-state index in [0.717, 1.165) is 0 Å². The molecule has 3 rings (SSSR count). The second kappa shape index (κ2) is 6.49. The fourth-order valence-corrected chi connectivity index (χ4v) is 2.34. The zero-order chi connectivity index (χ0) is 17.1. The van der Waals surface area contributed by atoms with Crippen LogP contribution in [0.25, 0.3) is 0 Å². The summed E-state index contributed by atoms with van der Waals surface area (Å²) >= 11 is 0. The van der Waals surface area contributed by atoms with Gasteiger partial charge in [0, 0.05) is 5.69 Å². The minimum Gasteiger partial charge on any atom is -0.462 e. The second-order valence-electron chi connectivity index (χ2n) is 5.08. The van der Waals surface area contributed by atoms with Crippen LogP contribution in [0.5, 0.6) is 0 Å². The summed E-state index contributed by atoms with van der Waals surface area (Å²) in [6, 6.07) is 5.59. The van der Waals surface area contributed by atoms with Crippen molar-refractivity contribution >= 4 is 29.4 Å². The van der Waals surface area contributed by atoms with Gasteiger partial charge in [0.1, 0.15) is 12.4 Å². The molecule has 0 saturated carbocycles. The molecule has 0 aliphatic carbocycles. The first-order chi connectivity index (χ1) is 11.6. The van der Waals surface area contributed by atoms with Crippen LogP contribution in [0.1, 0.15) is 29.7 Å². The Morgan fingerprint density at radius 2 is 2.08 bits per heavy atom. The molecule has 24 heavy (non-hydrogen) atoms. The lowest BCUT2D eigenvalue weighted by Crippen LogP contribution is -2.23. The van der Waals surface area contributed by atoms with Gasteiger partial charge >= 0.3 is 5.97 Å². The van der Waals surface area contributed by atoms with Gasteiger partial charge in [0.15, 0.2) is 0 Å². The quantitative estimate of drug-likeness (QED) is 0.790. The molecule has 1 aliphatic rings. The van der Waals surface area contributed by atoms with Gasteiger partial charge in [-0.2, -0.15) is 10.1 Å². The van der Waals surface area contributed by atoms with Crippen molar-refractivity contribution < 1.29 is 19.1 Å². The normalized spacial score (nSPS) is 15.5. The van der Waals surface area contributed by atoms with Gasteiger partial charge in [0.05, 0.1) is 18.6 Å². The standard InChI is InChI=1S/C15H15N5O4/c1-2-24-14(23)9-3-5-10(6-4-9)18-12(21)7-11-13(22)19-15-16-8-17-20(11)15/h3-6,8,11H,2,7H2,1H3,(H,18,21)(H,16,17,19,22)/t11-/m0/s1. The third-order valence-electron chi connectivity index (χ3n) is 3.46. The number of carbonyl (C=O) groups excluding carboxylic acids is 3. The molecule has 1 aromatic heterocycles. The number of nitrogens with zero attached hydrogens (tertiary/aromatic N) is 3. The van der Waals surface area contributed by atoms with E-state index < -0.39 is 12.0 Å². The summed E-state index contributed by atoms with van der Waals surface area (Å²) in [5, 5.41) is 9.15. The lowest BCUT2D eigenvalue weighted by Gasteiger charge is -2.10. The van der Waals surface area contributed by atoms with Crippen LogP contribution in [0.15, 0.2) is 30.6 Å². The van der Waals surface area contributed by atoms with Crippen LogP contribution in [0.3, 0.4) is 0 Å². The van der Waals surface area contributed by atoms with Crippen molar-refractivity contribution in [3.8, 4) is 0 Å². The van der Waals surface area contributed by atoms with Crippen LogP contribution in [-0.2, 0) is 14.3 Å². The van der Waals surface area contributed by atoms with Gasteiger partial charge in [-0.1, -0.05) is 0 Å². The number of ether oxygens (including phenoxy) is 1. The summed E-state index contributed by atoms with van der Waals surface area (Å²) < 4.78 is 6.27. The van der Waals surface area contributed by atoms with Crippen molar-refractivity contribution in [1.29, 1.82) is 0 Å². The number of esters is 1. The number of rotatable bonds is 5. The number of anilines is 2. The fourth-order valence-electron chi connectivity index (χ4n) is 2.34. The molecule has 0 radical (unpaired) electrons. The number of hydrogen-bond donors (Lipinski definition) is 2. The monoisotopic (exact) mass is 329 g/mol. The molecule has 2 N–H and O–H groups in total. The molecule has 1 aliphatic heterocycles. The van der Waals surface area contributed by atoms with E-state index in [2.05, 4.69) is 20.7 Å². The summed E-state index contributed by atoms with van der Waals surface area (Å²) in [4.78, 5) is 39.4. The maximum atomic E-state index is 12.1. The Labute approximate surface area is 137 Å². The first-order valence-corrected chi connectivity index (χ1v) is 7.36. The van der Waals surface area contributed by atoms with Crippen molar-refractivity contribution in [2.24, 2.45) is 0 Å². The average molecular weight is 329 g/mol. The number of amides is 2. The van der Waals surface area contributed by atoms with E-state index in [1.54, 1.807) is 31.2 Å². The molecule has 2 amide bonds. The van der Waals surface area contributed by atoms with Crippen molar-refractivity contribution in [3.63, 3.8) is 0 Å². The summed E-state index contributed by atoms with van der Waals surface area (Å²) in [6.45, 7) is 2.03. The van der Waals surface area contributed by atoms with Gasteiger partial charge in [0.25, 0.3) is 5.91 Å². The number of hydrogen-bond acceptors (Lipinski definition) is 6. The van der Waals surface area contributed by atoms with Crippen LogP contribution in [-0.4, -0.2) is 39.2 Å². The molecule has 2 aromatic rings. The Balaban J connectivity index is 1.61. The first kappa shape index (κ1) is 15.7. The average Bonchev–Trinajstić information content (AvgIpc) is 3.11. The third-order valence-corrected chi connectivity index (χ3v) is 3.46. The highest BCUT2D eigenvalue weighted by Gasteiger charge is 2.33. The zero-order valence-corrected chi connectivity index (χ0v) is 12.9.